The van der Waals surface area contributed by atoms with E-state index >= 15 is 0 Å². The fraction of sp³-hybridized carbons (Fsp3) is 0.200. The number of ether oxygens (including phenoxy) is 1. The van der Waals surface area contributed by atoms with Gasteiger partial charge in [0.1, 0.15) is 6.54 Å². The van der Waals surface area contributed by atoms with Crippen LogP contribution in [0.15, 0.2) is 71.6 Å². The summed E-state index contributed by atoms with van der Waals surface area (Å²) in [5, 5.41) is 2.67. The molecule has 0 fully saturated rings. The van der Waals surface area contributed by atoms with Crippen LogP contribution < -0.4 is 9.62 Å². The number of nitrogens with zero attached hydrogens (tertiary/aromatic N) is 1. The molecule has 1 aliphatic heterocycles. The minimum atomic E-state index is -3.96. The van der Waals surface area contributed by atoms with Gasteiger partial charge in [-0.05, 0) is 49.2 Å². The third-order valence-electron chi connectivity index (χ3n) is 5.47. The number of rotatable bonds is 6. The van der Waals surface area contributed by atoms with Gasteiger partial charge in [-0.15, -0.1) is 0 Å². The Labute approximate surface area is 193 Å². The van der Waals surface area contributed by atoms with E-state index < -0.39 is 28.4 Å². The van der Waals surface area contributed by atoms with Gasteiger partial charge in [-0.1, -0.05) is 43.3 Å². The van der Waals surface area contributed by atoms with Crippen LogP contribution in [0.2, 0.25) is 0 Å². The van der Waals surface area contributed by atoms with Crippen molar-refractivity contribution in [2.24, 2.45) is 0 Å². The summed E-state index contributed by atoms with van der Waals surface area (Å²) in [4.78, 5) is 25.4. The van der Waals surface area contributed by atoms with E-state index in [9.17, 15) is 18.0 Å². The third kappa shape index (κ3) is 4.21. The predicted molar refractivity (Wildman–Crippen MR) is 127 cm³/mol. The van der Waals surface area contributed by atoms with E-state index in [1.807, 2.05) is 19.1 Å². The molecule has 0 aliphatic carbocycles. The molecule has 33 heavy (non-hydrogen) atoms. The van der Waals surface area contributed by atoms with Crippen LogP contribution in [0.5, 0.6) is 0 Å². The molecule has 1 heterocycles. The number of nitrogens with one attached hydrogen (secondary N) is 1. The lowest BCUT2D eigenvalue weighted by molar-refractivity contribution is -0.114. The molecule has 7 nitrogen and oxygen atoms in total. The Hall–Kier alpha value is -3.65. The summed E-state index contributed by atoms with van der Waals surface area (Å²) in [7, 11) is -3.96. The summed E-state index contributed by atoms with van der Waals surface area (Å²) in [5.41, 5.74) is 3.35. The zero-order valence-corrected chi connectivity index (χ0v) is 19.2. The van der Waals surface area contributed by atoms with E-state index in [0.717, 1.165) is 21.9 Å². The molecule has 0 bridgehead atoms. The van der Waals surface area contributed by atoms with Crippen LogP contribution in [0.3, 0.4) is 0 Å². The topological polar surface area (TPSA) is 92.8 Å². The maximum atomic E-state index is 13.4. The van der Waals surface area contributed by atoms with Gasteiger partial charge in [-0.2, -0.15) is 0 Å². The van der Waals surface area contributed by atoms with E-state index in [1.165, 1.54) is 0 Å². The number of anilines is 2. The number of carbonyl (C=O) groups is 2. The Morgan fingerprint density at radius 3 is 2.42 bits per heavy atom. The average molecular weight is 465 g/mol. The quantitative estimate of drug-likeness (QED) is 0.551. The van der Waals surface area contributed by atoms with E-state index in [4.69, 9.17) is 4.74 Å². The Kier molecular flexibility index (Phi) is 6.20. The minimum absolute atomic E-state index is 0.158. The van der Waals surface area contributed by atoms with E-state index in [2.05, 4.69) is 5.32 Å². The molecule has 0 aromatic heterocycles. The number of fused-ring (bicyclic) bond motifs is 3. The molecule has 1 N–H and O–H groups in total. The molecule has 0 unspecified atom stereocenters. The van der Waals surface area contributed by atoms with Crippen LogP contribution in [0.4, 0.5) is 11.4 Å². The molecule has 0 saturated heterocycles. The molecule has 3 aromatic rings. The first-order chi connectivity index (χ1) is 15.9. The van der Waals surface area contributed by atoms with Gasteiger partial charge < -0.3 is 10.1 Å². The molecule has 170 valence electrons. The van der Waals surface area contributed by atoms with Crippen molar-refractivity contribution < 1.29 is 22.7 Å². The maximum absolute atomic E-state index is 13.4. The van der Waals surface area contributed by atoms with Gasteiger partial charge in [0.2, 0.25) is 5.91 Å². The Morgan fingerprint density at radius 1 is 0.939 bits per heavy atom. The lowest BCUT2D eigenvalue weighted by Crippen LogP contribution is -2.40. The number of benzene rings is 3. The summed E-state index contributed by atoms with van der Waals surface area (Å²) >= 11 is 0. The van der Waals surface area contributed by atoms with E-state index in [-0.39, 0.29) is 22.8 Å². The number of carbonyl (C=O) groups excluding carboxylic acids is 2. The SMILES string of the molecule is CCOC(=O)c1ccccc1NC(=O)CN1c2ccc(CC)cc2-c2ccccc2S1(=O)=O. The van der Waals surface area contributed by atoms with Crippen molar-refractivity contribution in [1.29, 1.82) is 0 Å². The first-order valence-corrected chi connectivity index (χ1v) is 12.1. The molecule has 0 saturated carbocycles. The molecule has 0 radical (unpaired) electrons. The standard InChI is InChI=1S/C25H24N2O5S/c1-3-17-13-14-22-20(15-17)18-9-6-8-12-23(18)33(30,31)27(22)16-24(28)26-21-11-7-5-10-19(21)25(29)32-4-2/h5-15H,3-4,16H2,1-2H3,(H,26,28). The molecule has 1 aliphatic rings. The van der Waals surface area contributed by atoms with Crippen LogP contribution in [0.1, 0.15) is 29.8 Å². The Balaban J connectivity index is 1.69. The van der Waals surface area contributed by atoms with Gasteiger partial charge in [0.05, 0.1) is 28.4 Å². The van der Waals surface area contributed by atoms with Crippen molar-refractivity contribution in [2.75, 3.05) is 22.8 Å². The fourth-order valence-electron chi connectivity index (χ4n) is 3.87. The molecule has 0 spiro atoms. The highest BCUT2D eigenvalue weighted by molar-refractivity contribution is 7.93. The van der Waals surface area contributed by atoms with Crippen LogP contribution in [0, 0.1) is 0 Å². The highest BCUT2D eigenvalue weighted by Gasteiger charge is 2.36. The van der Waals surface area contributed by atoms with Crippen molar-refractivity contribution in [3.8, 4) is 11.1 Å². The highest BCUT2D eigenvalue weighted by atomic mass is 32.2. The second-order valence-electron chi connectivity index (χ2n) is 7.53. The van der Waals surface area contributed by atoms with Crippen molar-refractivity contribution in [3.05, 3.63) is 77.9 Å². The normalized spacial score (nSPS) is 13.6. The number of amides is 1. The molecular weight excluding hydrogens is 440 g/mol. The van der Waals surface area contributed by atoms with Crippen molar-refractivity contribution in [1.82, 2.24) is 0 Å². The summed E-state index contributed by atoms with van der Waals surface area (Å²) in [5.74, 6) is -1.13. The molecule has 8 heteroatoms. The molecule has 4 rings (SSSR count). The molecular formula is C25H24N2O5S. The second kappa shape index (κ2) is 9.07. The number of aryl methyl sites for hydroxylation is 1. The number of sulfonamides is 1. The van der Waals surface area contributed by atoms with Gasteiger partial charge in [0, 0.05) is 11.1 Å². The summed E-state index contributed by atoms with van der Waals surface area (Å²) in [6.07, 6.45) is 0.799. The van der Waals surface area contributed by atoms with Crippen LogP contribution in [-0.4, -0.2) is 33.4 Å². The van der Waals surface area contributed by atoms with Crippen LogP contribution in [0.25, 0.3) is 11.1 Å². The zero-order valence-electron chi connectivity index (χ0n) is 18.4. The van der Waals surface area contributed by atoms with Gasteiger partial charge in [-0.3, -0.25) is 9.10 Å². The highest BCUT2D eigenvalue weighted by Crippen LogP contribution is 2.43. The summed E-state index contributed by atoms with van der Waals surface area (Å²) in [6.45, 7) is 3.48. The Bertz CT molecular complexity index is 1330. The van der Waals surface area contributed by atoms with Crippen molar-refractivity contribution >= 4 is 33.3 Å². The number of hydrogen-bond donors (Lipinski definition) is 1. The minimum Gasteiger partial charge on any atom is -0.462 e. The fourth-order valence-corrected chi connectivity index (χ4v) is 5.52. The second-order valence-corrected chi connectivity index (χ2v) is 9.36. The largest absolute Gasteiger partial charge is 0.462 e. The van der Waals surface area contributed by atoms with Crippen molar-refractivity contribution in [3.63, 3.8) is 0 Å². The van der Waals surface area contributed by atoms with Crippen molar-refractivity contribution in [2.45, 2.75) is 25.2 Å². The van der Waals surface area contributed by atoms with Crippen LogP contribution >= 0.6 is 0 Å². The maximum Gasteiger partial charge on any atom is 0.340 e. The van der Waals surface area contributed by atoms with Gasteiger partial charge in [0.15, 0.2) is 0 Å². The van der Waals surface area contributed by atoms with Gasteiger partial charge >= 0.3 is 5.97 Å². The number of esters is 1. The number of para-hydroxylation sites is 1. The smallest absolute Gasteiger partial charge is 0.340 e. The zero-order chi connectivity index (χ0) is 23.6. The van der Waals surface area contributed by atoms with Crippen LogP contribution in [-0.2, 0) is 26.0 Å². The van der Waals surface area contributed by atoms with Gasteiger partial charge in [0.25, 0.3) is 10.0 Å². The summed E-state index contributed by atoms with van der Waals surface area (Å²) < 4.78 is 33.0. The molecule has 3 aromatic carbocycles. The van der Waals surface area contributed by atoms with Gasteiger partial charge in [-0.25, -0.2) is 13.2 Å². The first-order valence-electron chi connectivity index (χ1n) is 10.7. The number of hydrogen-bond acceptors (Lipinski definition) is 5. The third-order valence-corrected chi connectivity index (χ3v) is 7.28. The lowest BCUT2D eigenvalue weighted by atomic mass is 9.99. The molecule has 1 amide bonds. The lowest BCUT2D eigenvalue weighted by Gasteiger charge is -2.32. The predicted octanol–water partition coefficient (Wildman–Crippen LogP) is 4.24. The summed E-state index contributed by atoms with van der Waals surface area (Å²) in [6, 6.07) is 18.8. The van der Waals surface area contributed by atoms with E-state index in [0.29, 0.717) is 11.3 Å². The Morgan fingerprint density at radius 2 is 1.67 bits per heavy atom. The monoisotopic (exact) mass is 464 g/mol. The average Bonchev–Trinajstić information content (AvgIpc) is 2.82. The first kappa shape index (κ1) is 22.5. The van der Waals surface area contributed by atoms with E-state index in [1.54, 1.807) is 61.5 Å². The molecule has 0 atom stereocenters.